The lowest BCUT2D eigenvalue weighted by atomic mass is 10.1. The van der Waals surface area contributed by atoms with Gasteiger partial charge in [-0.3, -0.25) is 0 Å². The quantitative estimate of drug-likeness (QED) is 0.705. The molecule has 0 aliphatic heterocycles. The lowest BCUT2D eigenvalue weighted by Crippen LogP contribution is -1.98. The van der Waals surface area contributed by atoms with Crippen LogP contribution in [0.2, 0.25) is 0 Å². The van der Waals surface area contributed by atoms with E-state index < -0.39 is 0 Å². The average molecular weight is 370 g/mol. The van der Waals surface area contributed by atoms with Gasteiger partial charge in [-0.05, 0) is 12.2 Å². The van der Waals surface area contributed by atoms with E-state index in [4.69, 9.17) is 19.4 Å². The van der Waals surface area contributed by atoms with Crippen molar-refractivity contribution in [3.8, 4) is 11.5 Å². The van der Waals surface area contributed by atoms with Crippen LogP contribution < -0.4 is 9.47 Å². The molecule has 28 heavy (non-hydrogen) atoms. The maximum atomic E-state index is 5.41. The minimum Gasteiger partial charge on any atom is -0.493 e. The fraction of sp³-hybridized carbons (Fsp3) is 0.167. The monoisotopic (exact) mass is 370 g/mol. The molecule has 0 unspecified atom stereocenters. The number of hydrogen-bond donors (Lipinski definition) is 0. The van der Waals surface area contributed by atoms with Crippen LogP contribution in [0.3, 0.4) is 0 Å². The van der Waals surface area contributed by atoms with Gasteiger partial charge in [0.25, 0.3) is 0 Å². The van der Waals surface area contributed by atoms with E-state index in [0.717, 1.165) is 22.4 Å². The van der Waals surface area contributed by atoms with Gasteiger partial charge < -0.3 is 9.47 Å². The lowest BCUT2D eigenvalue weighted by molar-refractivity contribution is 0.355. The van der Waals surface area contributed by atoms with Crippen molar-refractivity contribution in [1.82, 2.24) is 9.97 Å². The second-order valence-electron chi connectivity index (χ2n) is 6.60. The molecule has 0 saturated carbocycles. The summed E-state index contributed by atoms with van der Waals surface area (Å²) in [6.07, 6.45) is 25.1. The molecule has 1 aromatic carbocycles. The Labute approximate surface area is 164 Å². The van der Waals surface area contributed by atoms with Crippen LogP contribution >= 0.6 is 0 Å². The van der Waals surface area contributed by atoms with Gasteiger partial charge in [0.2, 0.25) is 0 Å². The summed E-state index contributed by atoms with van der Waals surface area (Å²) in [5.41, 5.74) is 3.20. The van der Waals surface area contributed by atoms with E-state index in [0.29, 0.717) is 23.3 Å². The number of ether oxygens (including phenoxy) is 2. The molecule has 0 bridgehead atoms. The molecule has 0 spiro atoms. The molecule has 0 N–H and O–H groups in total. The number of aromatic nitrogens is 2. The van der Waals surface area contributed by atoms with Crippen molar-refractivity contribution in [2.45, 2.75) is 0 Å². The Hall–Kier alpha value is -3.40. The van der Waals surface area contributed by atoms with Crippen molar-refractivity contribution in [1.29, 1.82) is 0 Å². The lowest BCUT2D eigenvalue weighted by Gasteiger charge is -2.10. The summed E-state index contributed by atoms with van der Waals surface area (Å²) in [5.74, 6) is 1.87. The maximum Gasteiger partial charge on any atom is 0.163 e. The van der Waals surface area contributed by atoms with Crippen LogP contribution in [-0.4, -0.2) is 24.2 Å². The number of benzene rings is 1. The second kappa shape index (κ2) is 8.09. The Bertz CT molecular complexity index is 949. The Balaban J connectivity index is 1.78. The number of hydrogen-bond acceptors (Lipinski definition) is 4. The predicted molar refractivity (Wildman–Crippen MR) is 114 cm³/mol. The third-order valence-corrected chi connectivity index (χ3v) is 4.73. The van der Waals surface area contributed by atoms with Crippen LogP contribution in [0.1, 0.15) is 11.4 Å². The smallest absolute Gasteiger partial charge is 0.163 e. The molecular formula is C24H22N2O2. The molecule has 0 saturated heterocycles. The van der Waals surface area contributed by atoms with E-state index >= 15 is 0 Å². The normalized spacial score (nSPS) is 16.5. The minimum atomic E-state index is 0.292. The highest BCUT2D eigenvalue weighted by Gasteiger charge is 2.11. The first-order valence-corrected chi connectivity index (χ1v) is 9.27. The molecule has 2 aliphatic carbocycles. The molecule has 2 aromatic rings. The van der Waals surface area contributed by atoms with Gasteiger partial charge in [-0.15, -0.1) is 0 Å². The van der Waals surface area contributed by atoms with Crippen LogP contribution in [0.15, 0.2) is 72.9 Å². The van der Waals surface area contributed by atoms with Gasteiger partial charge in [-0.1, -0.05) is 60.8 Å². The molecule has 4 rings (SSSR count). The van der Waals surface area contributed by atoms with Crippen LogP contribution in [0, 0.1) is 11.8 Å². The zero-order valence-corrected chi connectivity index (χ0v) is 15.9. The van der Waals surface area contributed by atoms with Crippen LogP contribution in [0.5, 0.6) is 11.5 Å². The van der Waals surface area contributed by atoms with Gasteiger partial charge in [0.1, 0.15) is 0 Å². The highest BCUT2D eigenvalue weighted by molar-refractivity contribution is 5.82. The molecule has 0 amide bonds. The van der Waals surface area contributed by atoms with E-state index in [1.165, 1.54) is 0 Å². The first-order valence-electron chi connectivity index (χ1n) is 9.27. The van der Waals surface area contributed by atoms with E-state index in [1.807, 2.05) is 24.3 Å². The predicted octanol–water partition coefficient (Wildman–Crippen LogP) is 5.16. The standard InChI is InChI=1S/C24H22N2O2/c1-27-23-15-21-22(16-24(23)28-2)26-20(14-12-18-9-5-6-10-18)19(25-21)13-11-17-7-3-4-8-17/h3-18H,1-2H3/b13-11+,14-12+. The topological polar surface area (TPSA) is 44.2 Å². The van der Waals surface area contributed by atoms with Crippen LogP contribution in [0.25, 0.3) is 23.2 Å². The molecule has 1 aromatic heterocycles. The maximum absolute atomic E-state index is 5.41. The zero-order valence-electron chi connectivity index (χ0n) is 15.9. The van der Waals surface area contributed by atoms with Gasteiger partial charge >= 0.3 is 0 Å². The average Bonchev–Trinajstić information content (AvgIpc) is 3.43. The number of fused-ring (bicyclic) bond motifs is 1. The summed E-state index contributed by atoms with van der Waals surface area (Å²) in [4.78, 5) is 9.69. The molecule has 0 fully saturated rings. The molecule has 1 heterocycles. The van der Waals surface area contributed by atoms with E-state index in [-0.39, 0.29) is 0 Å². The number of methoxy groups -OCH3 is 2. The van der Waals surface area contributed by atoms with E-state index in [9.17, 15) is 0 Å². The molecule has 140 valence electrons. The summed E-state index contributed by atoms with van der Waals surface area (Å²) in [6.45, 7) is 0. The van der Waals surface area contributed by atoms with E-state index in [1.54, 1.807) is 14.2 Å². The molecule has 0 radical (unpaired) electrons. The number of nitrogens with zero attached hydrogens (tertiary/aromatic N) is 2. The molecule has 4 heteroatoms. The highest BCUT2D eigenvalue weighted by Crippen LogP contribution is 2.31. The zero-order chi connectivity index (χ0) is 19.3. The summed E-state index contributed by atoms with van der Waals surface area (Å²) in [7, 11) is 3.24. The van der Waals surface area contributed by atoms with Crippen molar-refractivity contribution in [3.05, 3.63) is 84.3 Å². The van der Waals surface area contributed by atoms with Crippen molar-refractivity contribution in [2.75, 3.05) is 14.2 Å². The van der Waals surface area contributed by atoms with Gasteiger partial charge in [0.05, 0.1) is 36.6 Å². The van der Waals surface area contributed by atoms with Gasteiger partial charge in [-0.2, -0.15) is 0 Å². The van der Waals surface area contributed by atoms with Crippen LogP contribution in [0.4, 0.5) is 0 Å². The van der Waals surface area contributed by atoms with E-state index in [2.05, 4.69) is 60.8 Å². The molecule has 0 atom stereocenters. The SMILES string of the molecule is COc1cc2nc(/C=C/C3C=CC=C3)c(/C=C/C3C=CC=C3)nc2cc1OC. The Kier molecular flexibility index (Phi) is 5.20. The minimum absolute atomic E-state index is 0.292. The summed E-state index contributed by atoms with van der Waals surface area (Å²) in [6, 6.07) is 3.73. The van der Waals surface area contributed by atoms with Gasteiger partial charge in [-0.25, -0.2) is 9.97 Å². The van der Waals surface area contributed by atoms with Crippen molar-refractivity contribution in [3.63, 3.8) is 0 Å². The van der Waals surface area contributed by atoms with Crippen molar-refractivity contribution >= 4 is 23.2 Å². The summed E-state index contributed by atoms with van der Waals surface area (Å²) < 4.78 is 10.8. The third-order valence-electron chi connectivity index (χ3n) is 4.73. The van der Waals surface area contributed by atoms with Crippen molar-refractivity contribution < 1.29 is 9.47 Å². The largest absolute Gasteiger partial charge is 0.493 e. The Morgan fingerprint density at radius 1 is 0.679 bits per heavy atom. The number of rotatable bonds is 6. The highest BCUT2D eigenvalue weighted by atomic mass is 16.5. The van der Waals surface area contributed by atoms with Crippen molar-refractivity contribution in [2.24, 2.45) is 11.8 Å². The number of allylic oxidation sites excluding steroid dienone is 10. The fourth-order valence-corrected chi connectivity index (χ4v) is 3.22. The molecular weight excluding hydrogens is 348 g/mol. The summed E-state index contributed by atoms with van der Waals surface area (Å²) in [5, 5.41) is 0. The third kappa shape index (κ3) is 3.81. The fourth-order valence-electron chi connectivity index (χ4n) is 3.22. The van der Waals surface area contributed by atoms with Crippen LogP contribution in [-0.2, 0) is 0 Å². The first kappa shape index (κ1) is 18.0. The summed E-state index contributed by atoms with van der Waals surface area (Å²) >= 11 is 0. The second-order valence-corrected chi connectivity index (χ2v) is 6.60. The Morgan fingerprint density at radius 3 is 1.43 bits per heavy atom. The van der Waals surface area contributed by atoms with Gasteiger partial charge in [0.15, 0.2) is 11.5 Å². The molecule has 2 aliphatic rings. The first-order chi connectivity index (χ1) is 13.8. The Morgan fingerprint density at radius 2 is 1.07 bits per heavy atom. The molecule has 4 nitrogen and oxygen atoms in total. The van der Waals surface area contributed by atoms with Gasteiger partial charge in [0, 0.05) is 24.0 Å².